The summed E-state index contributed by atoms with van der Waals surface area (Å²) < 4.78 is 15.4. The Balaban J connectivity index is 1.82. The van der Waals surface area contributed by atoms with Gasteiger partial charge in [0, 0.05) is 36.6 Å². The molecular formula is C25H24FN5O2. The summed E-state index contributed by atoms with van der Waals surface area (Å²) in [6.45, 7) is 4.50. The molecule has 168 valence electrons. The SMILES string of the molecule is CC(C)CN1C(=O)c2ccccc2[C@H](C(=O)Nc2ccc(F)c(C#N)c2)[C@H]1c1cnn(C)c1. The van der Waals surface area contributed by atoms with Crippen LogP contribution in [0.3, 0.4) is 0 Å². The molecule has 7 nitrogen and oxygen atoms in total. The maximum atomic E-state index is 13.8. The van der Waals surface area contributed by atoms with Crippen LogP contribution in [0.1, 0.15) is 52.9 Å². The number of nitrogens with one attached hydrogen (secondary N) is 1. The zero-order valence-electron chi connectivity index (χ0n) is 18.6. The number of amides is 2. The maximum absolute atomic E-state index is 13.8. The molecule has 1 N–H and O–H groups in total. The minimum absolute atomic E-state index is 0.134. The fourth-order valence-electron chi connectivity index (χ4n) is 4.34. The van der Waals surface area contributed by atoms with Crippen LogP contribution in [-0.4, -0.2) is 33.0 Å². The summed E-state index contributed by atoms with van der Waals surface area (Å²) in [5, 5.41) is 16.2. The van der Waals surface area contributed by atoms with Crippen molar-refractivity contribution in [3.05, 3.63) is 82.9 Å². The van der Waals surface area contributed by atoms with Gasteiger partial charge < -0.3 is 10.2 Å². The van der Waals surface area contributed by atoms with Crippen molar-refractivity contribution in [2.24, 2.45) is 13.0 Å². The average molecular weight is 445 g/mol. The van der Waals surface area contributed by atoms with Crippen LogP contribution >= 0.6 is 0 Å². The van der Waals surface area contributed by atoms with E-state index in [0.717, 1.165) is 11.6 Å². The Labute approximate surface area is 191 Å². The fraction of sp³-hybridized carbons (Fsp3) is 0.280. The lowest BCUT2D eigenvalue weighted by atomic mass is 9.79. The molecule has 0 fully saturated rings. The van der Waals surface area contributed by atoms with Gasteiger partial charge in [0.25, 0.3) is 5.91 Å². The molecular weight excluding hydrogens is 421 g/mol. The monoisotopic (exact) mass is 445 g/mol. The molecule has 0 bridgehead atoms. The highest BCUT2D eigenvalue weighted by Crippen LogP contribution is 2.43. The molecule has 0 radical (unpaired) electrons. The number of carbonyl (C=O) groups excluding carboxylic acids is 2. The molecule has 0 aliphatic carbocycles. The van der Waals surface area contributed by atoms with Crippen LogP contribution in [0, 0.1) is 23.1 Å². The number of hydrogen-bond acceptors (Lipinski definition) is 4. The normalized spacial score (nSPS) is 17.6. The van der Waals surface area contributed by atoms with Crippen molar-refractivity contribution in [3.8, 4) is 6.07 Å². The molecule has 2 amide bonds. The molecule has 0 spiro atoms. The van der Waals surface area contributed by atoms with Crippen molar-refractivity contribution >= 4 is 17.5 Å². The zero-order chi connectivity index (χ0) is 23.7. The largest absolute Gasteiger partial charge is 0.330 e. The Hall–Kier alpha value is -3.99. The van der Waals surface area contributed by atoms with E-state index in [2.05, 4.69) is 10.4 Å². The van der Waals surface area contributed by atoms with E-state index in [0.29, 0.717) is 23.4 Å². The summed E-state index contributed by atoms with van der Waals surface area (Å²) in [5.41, 5.74) is 2.01. The number of benzene rings is 2. The molecule has 8 heteroatoms. The van der Waals surface area contributed by atoms with Gasteiger partial charge in [-0.3, -0.25) is 14.3 Å². The Morgan fingerprint density at radius 1 is 1.27 bits per heavy atom. The first-order chi connectivity index (χ1) is 15.8. The summed E-state index contributed by atoms with van der Waals surface area (Å²) in [5.74, 6) is -1.69. The van der Waals surface area contributed by atoms with Gasteiger partial charge in [0.15, 0.2) is 0 Å². The molecule has 1 aliphatic heterocycles. The van der Waals surface area contributed by atoms with Gasteiger partial charge in [-0.05, 0) is 35.7 Å². The average Bonchev–Trinajstić information content (AvgIpc) is 3.22. The Bertz CT molecular complexity index is 1260. The minimum atomic E-state index is -0.725. The molecule has 1 aliphatic rings. The maximum Gasteiger partial charge on any atom is 0.254 e. The molecule has 2 aromatic carbocycles. The van der Waals surface area contributed by atoms with E-state index >= 15 is 0 Å². The molecule has 2 heterocycles. The third kappa shape index (κ3) is 4.22. The van der Waals surface area contributed by atoms with Crippen molar-refractivity contribution in [1.29, 1.82) is 5.26 Å². The number of nitrogens with zero attached hydrogens (tertiary/aromatic N) is 4. The molecule has 0 unspecified atom stereocenters. The second kappa shape index (κ2) is 8.87. The highest BCUT2D eigenvalue weighted by atomic mass is 19.1. The van der Waals surface area contributed by atoms with Crippen LogP contribution in [0.4, 0.5) is 10.1 Å². The van der Waals surface area contributed by atoms with Gasteiger partial charge >= 0.3 is 0 Å². The first kappa shape index (κ1) is 22.2. The fourth-order valence-corrected chi connectivity index (χ4v) is 4.34. The van der Waals surface area contributed by atoms with E-state index in [1.807, 2.05) is 20.0 Å². The van der Waals surface area contributed by atoms with Gasteiger partial charge in [-0.1, -0.05) is 32.0 Å². The van der Waals surface area contributed by atoms with Crippen LogP contribution in [0.15, 0.2) is 54.9 Å². The van der Waals surface area contributed by atoms with Gasteiger partial charge in [-0.15, -0.1) is 0 Å². The summed E-state index contributed by atoms with van der Waals surface area (Å²) >= 11 is 0. The minimum Gasteiger partial charge on any atom is -0.330 e. The lowest BCUT2D eigenvalue weighted by Crippen LogP contribution is -2.47. The number of anilines is 1. The first-order valence-electron chi connectivity index (χ1n) is 10.7. The molecule has 0 saturated heterocycles. The topological polar surface area (TPSA) is 91.0 Å². The van der Waals surface area contributed by atoms with E-state index in [9.17, 15) is 14.0 Å². The highest BCUT2D eigenvalue weighted by Gasteiger charge is 2.44. The number of nitriles is 1. The number of halogens is 1. The number of fused-ring (bicyclic) bond motifs is 1. The van der Waals surface area contributed by atoms with Crippen molar-refractivity contribution in [3.63, 3.8) is 0 Å². The third-order valence-corrected chi connectivity index (χ3v) is 5.70. The second-order valence-electron chi connectivity index (χ2n) is 8.60. The van der Waals surface area contributed by atoms with Crippen LogP contribution in [-0.2, 0) is 11.8 Å². The molecule has 33 heavy (non-hydrogen) atoms. The highest BCUT2D eigenvalue weighted by molar-refractivity contribution is 6.04. The molecule has 3 aromatic rings. The zero-order valence-corrected chi connectivity index (χ0v) is 18.6. The molecule has 0 saturated carbocycles. The van der Waals surface area contributed by atoms with Crippen molar-refractivity contribution in [1.82, 2.24) is 14.7 Å². The Morgan fingerprint density at radius 2 is 2.03 bits per heavy atom. The van der Waals surface area contributed by atoms with E-state index in [1.165, 1.54) is 12.1 Å². The number of aryl methyl sites for hydroxylation is 1. The predicted molar refractivity (Wildman–Crippen MR) is 121 cm³/mol. The van der Waals surface area contributed by atoms with E-state index in [1.54, 1.807) is 53.2 Å². The second-order valence-corrected chi connectivity index (χ2v) is 8.60. The van der Waals surface area contributed by atoms with E-state index < -0.39 is 17.8 Å². The predicted octanol–water partition coefficient (Wildman–Crippen LogP) is 4.01. The first-order valence-corrected chi connectivity index (χ1v) is 10.7. The van der Waals surface area contributed by atoms with Crippen molar-refractivity contribution < 1.29 is 14.0 Å². The number of carbonyl (C=O) groups is 2. The Morgan fingerprint density at radius 3 is 2.70 bits per heavy atom. The van der Waals surface area contributed by atoms with Crippen LogP contribution < -0.4 is 5.32 Å². The van der Waals surface area contributed by atoms with Crippen LogP contribution in [0.5, 0.6) is 0 Å². The number of hydrogen-bond donors (Lipinski definition) is 1. The summed E-state index contributed by atoms with van der Waals surface area (Å²) in [4.78, 5) is 28.9. The van der Waals surface area contributed by atoms with Crippen LogP contribution in [0.2, 0.25) is 0 Å². The number of rotatable bonds is 5. The van der Waals surface area contributed by atoms with Crippen molar-refractivity contribution in [2.45, 2.75) is 25.8 Å². The van der Waals surface area contributed by atoms with Gasteiger partial charge in [-0.25, -0.2) is 4.39 Å². The van der Waals surface area contributed by atoms with Gasteiger partial charge in [0.05, 0.1) is 23.7 Å². The molecule has 2 atom stereocenters. The molecule has 4 rings (SSSR count). The van der Waals surface area contributed by atoms with Gasteiger partial charge in [0.1, 0.15) is 11.9 Å². The molecule has 1 aromatic heterocycles. The summed E-state index contributed by atoms with van der Waals surface area (Å²) in [7, 11) is 1.78. The standard InChI is InChI=1S/C25H24FN5O2/c1-15(2)13-31-23(17-12-28-30(3)14-17)22(19-6-4-5-7-20(19)25(31)33)24(32)29-18-8-9-21(26)16(10-18)11-27/h4-10,12,14-15,22-23H,13H2,1-3H3,(H,29,32)/t22-,23+/m0/s1. The van der Waals surface area contributed by atoms with Gasteiger partial charge in [-0.2, -0.15) is 10.4 Å². The third-order valence-electron chi connectivity index (χ3n) is 5.70. The van der Waals surface area contributed by atoms with Gasteiger partial charge in [0.2, 0.25) is 5.91 Å². The van der Waals surface area contributed by atoms with Crippen LogP contribution in [0.25, 0.3) is 0 Å². The summed E-state index contributed by atoms with van der Waals surface area (Å²) in [6.07, 6.45) is 3.48. The quantitative estimate of drug-likeness (QED) is 0.643. The number of aromatic nitrogens is 2. The van der Waals surface area contributed by atoms with E-state index in [4.69, 9.17) is 5.26 Å². The smallest absolute Gasteiger partial charge is 0.254 e. The lowest BCUT2D eigenvalue weighted by Gasteiger charge is -2.42. The lowest BCUT2D eigenvalue weighted by molar-refractivity contribution is -0.119. The summed E-state index contributed by atoms with van der Waals surface area (Å²) in [6, 6.07) is 12.2. The Kier molecular flexibility index (Phi) is 5.97. The van der Waals surface area contributed by atoms with Crippen molar-refractivity contribution in [2.75, 3.05) is 11.9 Å². The van der Waals surface area contributed by atoms with E-state index in [-0.39, 0.29) is 23.3 Å².